The minimum atomic E-state index is -1.62. The Kier molecular flexibility index (Phi) is 3.97. The molecule has 2 aromatic carbocycles. The molecule has 0 aliphatic carbocycles. The molecule has 0 saturated heterocycles. The van der Waals surface area contributed by atoms with Crippen molar-refractivity contribution in [3.05, 3.63) is 59.9 Å². The number of benzene rings is 2. The molecule has 2 amide bonds. The van der Waals surface area contributed by atoms with Gasteiger partial charge in [0.05, 0.1) is 17.7 Å². The summed E-state index contributed by atoms with van der Waals surface area (Å²) < 4.78 is 0. The number of aromatic nitrogens is 2. The van der Waals surface area contributed by atoms with Gasteiger partial charge < -0.3 is 16.0 Å². The van der Waals surface area contributed by atoms with Crippen molar-refractivity contribution < 1.29 is 9.59 Å². The van der Waals surface area contributed by atoms with Crippen molar-refractivity contribution in [3.63, 3.8) is 0 Å². The van der Waals surface area contributed by atoms with Crippen LogP contribution in [0.5, 0.6) is 0 Å². The quantitative estimate of drug-likeness (QED) is 0.556. The topological polar surface area (TPSA) is 125 Å². The first-order valence-electron chi connectivity index (χ1n) is 8.44. The summed E-state index contributed by atoms with van der Waals surface area (Å²) in [5.41, 5.74) is 7.08. The lowest BCUT2D eigenvalue weighted by Crippen LogP contribution is -2.58. The van der Waals surface area contributed by atoms with Crippen molar-refractivity contribution in [1.82, 2.24) is 15.3 Å². The number of nitrogens with one attached hydrogen (secondary N) is 3. The summed E-state index contributed by atoms with van der Waals surface area (Å²) >= 11 is 0. The van der Waals surface area contributed by atoms with Crippen LogP contribution < -0.4 is 16.4 Å². The van der Waals surface area contributed by atoms with Gasteiger partial charge >= 0.3 is 0 Å². The van der Waals surface area contributed by atoms with Crippen LogP contribution in [-0.4, -0.2) is 34.2 Å². The number of carbonyl (C=O) groups is 2. The van der Waals surface area contributed by atoms with Gasteiger partial charge in [-0.2, -0.15) is 0 Å². The second kappa shape index (κ2) is 6.33. The van der Waals surface area contributed by atoms with Crippen LogP contribution in [0, 0.1) is 6.92 Å². The van der Waals surface area contributed by atoms with Crippen LogP contribution in [0.3, 0.4) is 0 Å². The zero-order chi connectivity index (χ0) is 19.0. The predicted octanol–water partition coefficient (Wildman–Crippen LogP) is 1.19. The molecule has 8 nitrogen and oxygen atoms in total. The third-order valence-electron chi connectivity index (χ3n) is 4.54. The first-order chi connectivity index (χ1) is 13.0. The highest BCUT2D eigenvalue weighted by atomic mass is 16.2. The molecular formula is C19H18N6O2. The Morgan fingerprint density at radius 3 is 2.74 bits per heavy atom. The zero-order valence-corrected chi connectivity index (χ0v) is 14.6. The molecule has 0 fully saturated rings. The van der Waals surface area contributed by atoms with E-state index in [0.717, 1.165) is 11.1 Å². The van der Waals surface area contributed by atoms with Crippen LogP contribution in [0.25, 0.3) is 11.0 Å². The molecule has 1 aliphatic rings. The van der Waals surface area contributed by atoms with E-state index in [4.69, 9.17) is 5.73 Å². The van der Waals surface area contributed by atoms with E-state index in [1.807, 2.05) is 49.4 Å². The minimum absolute atomic E-state index is 0.0180. The van der Waals surface area contributed by atoms with Gasteiger partial charge in [0, 0.05) is 5.69 Å². The number of nitrogens with zero attached hydrogens (tertiary/aromatic N) is 2. The van der Waals surface area contributed by atoms with E-state index in [1.165, 1.54) is 0 Å². The average molecular weight is 362 g/mol. The molecule has 0 bridgehead atoms. The highest BCUT2D eigenvalue weighted by Gasteiger charge is 2.52. The Hall–Kier alpha value is -3.52. The molecule has 5 N–H and O–H groups in total. The molecule has 3 aromatic rings. The van der Waals surface area contributed by atoms with Crippen LogP contribution in [-0.2, 0) is 15.1 Å². The molecule has 1 aliphatic heterocycles. The lowest BCUT2D eigenvalue weighted by Gasteiger charge is -2.25. The number of aromatic amines is 1. The maximum Gasteiger partial charge on any atom is 0.272 e. The molecule has 0 saturated carbocycles. The number of hydrogen-bond donors (Lipinski definition) is 4. The van der Waals surface area contributed by atoms with Gasteiger partial charge in [-0.1, -0.05) is 24.3 Å². The van der Waals surface area contributed by atoms with Crippen molar-refractivity contribution in [2.45, 2.75) is 12.5 Å². The summed E-state index contributed by atoms with van der Waals surface area (Å²) in [6.07, 6.45) is 0. The second-order valence-corrected chi connectivity index (χ2v) is 6.38. The van der Waals surface area contributed by atoms with Gasteiger partial charge in [0.25, 0.3) is 11.8 Å². The number of primary amides is 1. The SMILES string of the molecule is Cc1cccc(NC(=O)C2=NCNC2(C(N)=O)c2nc3ccccc3[nH]2)c1. The summed E-state index contributed by atoms with van der Waals surface area (Å²) in [5, 5.41) is 5.72. The Balaban J connectivity index is 1.74. The third kappa shape index (κ3) is 2.76. The molecule has 1 atom stereocenters. The fraction of sp³-hybridized carbons (Fsp3) is 0.158. The van der Waals surface area contributed by atoms with Crippen molar-refractivity contribution in [2.75, 3.05) is 12.0 Å². The van der Waals surface area contributed by atoms with Gasteiger partial charge in [-0.25, -0.2) is 4.98 Å². The summed E-state index contributed by atoms with van der Waals surface area (Å²) in [5.74, 6) is -1.02. The lowest BCUT2D eigenvalue weighted by molar-refractivity contribution is -0.123. The number of aryl methyl sites for hydroxylation is 1. The summed E-state index contributed by atoms with van der Waals surface area (Å²) in [6.45, 7) is 2.00. The van der Waals surface area contributed by atoms with Gasteiger partial charge in [0.1, 0.15) is 11.5 Å². The lowest BCUT2D eigenvalue weighted by atomic mass is 9.91. The van der Waals surface area contributed by atoms with Crippen molar-refractivity contribution in [1.29, 1.82) is 0 Å². The number of amides is 2. The van der Waals surface area contributed by atoms with E-state index >= 15 is 0 Å². The number of rotatable bonds is 4. The summed E-state index contributed by atoms with van der Waals surface area (Å²) in [7, 11) is 0. The maximum absolute atomic E-state index is 12.9. The standard InChI is InChI=1S/C19H18N6O2/c1-11-5-4-6-12(9-11)23-16(26)15-19(17(20)27,22-10-21-15)18-24-13-7-2-3-8-14(13)25-18/h2-9,22H,10H2,1H3,(H2,20,27)(H,23,26)(H,24,25). The van der Waals surface area contributed by atoms with Crippen LogP contribution in [0.15, 0.2) is 53.5 Å². The number of nitrogens with two attached hydrogens (primary N) is 1. The molecule has 1 unspecified atom stereocenters. The molecule has 1 aromatic heterocycles. The molecule has 136 valence electrons. The molecule has 2 heterocycles. The van der Waals surface area contributed by atoms with Crippen molar-refractivity contribution in [2.24, 2.45) is 10.7 Å². The number of imidazole rings is 1. The number of H-pyrrole nitrogens is 1. The van der Waals surface area contributed by atoms with Crippen molar-refractivity contribution >= 4 is 34.2 Å². The van der Waals surface area contributed by atoms with E-state index in [9.17, 15) is 9.59 Å². The highest BCUT2D eigenvalue weighted by Crippen LogP contribution is 2.27. The number of aliphatic imine (C=N–C) groups is 1. The normalized spacial score (nSPS) is 19.1. The Morgan fingerprint density at radius 1 is 1.19 bits per heavy atom. The van der Waals surface area contributed by atoms with Gasteiger partial charge in [0.2, 0.25) is 5.54 Å². The number of para-hydroxylation sites is 2. The number of anilines is 1. The predicted molar refractivity (Wildman–Crippen MR) is 102 cm³/mol. The molecule has 8 heteroatoms. The van der Waals surface area contributed by atoms with E-state index < -0.39 is 17.4 Å². The average Bonchev–Trinajstić information content (AvgIpc) is 3.26. The van der Waals surface area contributed by atoms with Gasteiger partial charge in [-0.3, -0.25) is 19.9 Å². The molecule has 27 heavy (non-hydrogen) atoms. The van der Waals surface area contributed by atoms with Gasteiger partial charge in [-0.05, 0) is 36.8 Å². The van der Waals surface area contributed by atoms with Crippen molar-refractivity contribution in [3.8, 4) is 0 Å². The van der Waals surface area contributed by atoms with Crippen LogP contribution in [0.2, 0.25) is 0 Å². The highest BCUT2D eigenvalue weighted by molar-refractivity contribution is 6.50. The Bertz CT molecular complexity index is 1050. The minimum Gasteiger partial charge on any atom is -0.367 e. The number of carbonyl (C=O) groups excluding carboxylic acids is 2. The fourth-order valence-electron chi connectivity index (χ4n) is 3.24. The van der Waals surface area contributed by atoms with Crippen LogP contribution in [0.1, 0.15) is 11.4 Å². The molecule has 0 spiro atoms. The molecular weight excluding hydrogens is 344 g/mol. The third-order valence-corrected chi connectivity index (χ3v) is 4.54. The van der Waals surface area contributed by atoms with Crippen LogP contribution in [0.4, 0.5) is 5.69 Å². The molecule has 4 rings (SSSR count). The zero-order valence-electron chi connectivity index (χ0n) is 14.6. The Labute approximate surface area is 154 Å². The van der Waals surface area contributed by atoms with Gasteiger partial charge in [-0.15, -0.1) is 0 Å². The fourth-order valence-corrected chi connectivity index (χ4v) is 3.24. The van der Waals surface area contributed by atoms with E-state index in [2.05, 4.69) is 25.6 Å². The van der Waals surface area contributed by atoms with E-state index in [-0.39, 0.29) is 18.2 Å². The Morgan fingerprint density at radius 2 is 2.00 bits per heavy atom. The maximum atomic E-state index is 12.9. The summed E-state index contributed by atoms with van der Waals surface area (Å²) in [6, 6.07) is 14.7. The molecule has 0 radical (unpaired) electrons. The van der Waals surface area contributed by atoms with E-state index in [0.29, 0.717) is 11.2 Å². The number of fused-ring (bicyclic) bond motifs is 1. The first kappa shape index (κ1) is 16.9. The first-order valence-corrected chi connectivity index (χ1v) is 8.44. The van der Waals surface area contributed by atoms with Crippen LogP contribution >= 0.6 is 0 Å². The summed E-state index contributed by atoms with van der Waals surface area (Å²) in [4.78, 5) is 37.1. The largest absolute Gasteiger partial charge is 0.367 e. The second-order valence-electron chi connectivity index (χ2n) is 6.38. The van der Waals surface area contributed by atoms with Gasteiger partial charge in [0.15, 0.2) is 0 Å². The smallest absolute Gasteiger partial charge is 0.272 e. The number of hydrogen-bond acceptors (Lipinski definition) is 5. The van der Waals surface area contributed by atoms with E-state index in [1.54, 1.807) is 6.07 Å². The monoisotopic (exact) mass is 362 g/mol.